The Morgan fingerprint density at radius 2 is 2.07 bits per heavy atom. The van der Waals surface area contributed by atoms with E-state index in [9.17, 15) is 20.3 Å². The number of H-pyrrole nitrogens is 1. The van der Waals surface area contributed by atoms with E-state index in [0.717, 1.165) is 16.5 Å². The number of carboxylic acids is 1. The van der Waals surface area contributed by atoms with Crippen molar-refractivity contribution in [2.75, 3.05) is 31.1 Å². The zero-order chi connectivity index (χ0) is 20.4. The van der Waals surface area contributed by atoms with Gasteiger partial charge < -0.3 is 20.1 Å². The number of rotatable bonds is 5. The maximum absolute atomic E-state index is 12.2. The fourth-order valence-corrected chi connectivity index (χ4v) is 3.93. The van der Waals surface area contributed by atoms with Crippen LogP contribution in [0.25, 0.3) is 10.9 Å². The molecule has 0 bridgehead atoms. The molecule has 8 nitrogen and oxygen atoms in total. The molecule has 0 unspecified atom stereocenters. The number of fused-ring (bicyclic) bond motifs is 1. The molecule has 3 N–H and O–H groups in total. The van der Waals surface area contributed by atoms with Crippen molar-refractivity contribution in [2.24, 2.45) is 0 Å². The standard InChI is InChI=1S/C21H21N5O3/c22-11-15-2-1-5-23-20(15)26-8-6-25(7-9-26)19(21(28)29)17-12-24-18-10-14(13-27)3-4-16(17)18/h1-5,10,12,19,24,27H,6-9,13H2,(H,28,29)/t19-/m1/s1. The molecule has 148 valence electrons. The molecule has 1 saturated heterocycles. The number of nitrogens with zero attached hydrogens (tertiary/aromatic N) is 4. The monoisotopic (exact) mass is 391 g/mol. The minimum atomic E-state index is -0.902. The fraction of sp³-hybridized carbons (Fsp3) is 0.286. The highest BCUT2D eigenvalue weighted by Crippen LogP contribution is 2.31. The van der Waals surface area contributed by atoms with Crippen molar-refractivity contribution in [3.05, 3.63) is 59.4 Å². The summed E-state index contributed by atoms with van der Waals surface area (Å²) in [5.41, 5.74) is 2.81. The molecule has 29 heavy (non-hydrogen) atoms. The lowest BCUT2D eigenvalue weighted by atomic mass is 10.0. The third kappa shape index (κ3) is 3.53. The van der Waals surface area contributed by atoms with Crippen molar-refractivity contribution >= 4 is 22.7 Å². The predicted molar refractivity (Wildman–Crippen MR) is 107 cm³/mol. The summed E-state index contributed by atoms with van der Waals surface area (Å²) in [6.45, 7) is 2.20. The second kappa shape index (κ2) is 7.91. The summed E-state index contributed by atoms with van der Waals surface area (Å²) < 4.78 is 0. The van der Waals surface area contributed by atoms with Crippen LogP contribution in [0.15, 0.2) is 42.7 Å². The van der Waals surface area contributed by atoms with Crippen LogP contribution in [-0.4, -0.2) is 57.2 Å². The van der Waals surface area contributed by atoms with E-state index in [-0.39, 0.29) is 6.61 Å². The number of aromatic amines is 1. The van der Waals surface area contributed by atoms with Crippen molar-refractivity contribution in [1.29, 1.82) is 5.26 Å². The number of aliphatic hydroxyl groups is 1. The molecule has 1 fully saturated rings. The summed E-state index contributed by atoms with van der Waals surface area (Å²) in [5, 5.41) is 29.4. The number of pyridine rings is 1. The largest absolute Gasteiger partial charge is 0.480 e. The summed E-state index contributed by atoms with van der Waals surface area (Å²) in [5.74, 6) is -0.258. The van der Waals surface area contributed by atoms with Gasteiger partial charge in [0.05, 0.1) is 12.2 Å². The van der Waals surface area contributed by atoms with Gasteiger partial charge in [-0.3, -0.25) is 9.69 Å². The van der Waals surface area contributed by atoms with Crippen LogP contribution in [0.4, 0.5) is 5.82 Å². The van der Waals surface area contributed by atoms with Crippen LogP contribution in [0, 0.1) is 11.3 Å². The molecule has 1 aliphatic rings. The van der Waals surface area contributed by atoms with Crippen LogP contribution in [0.5, 0.6) is 0 Å². The second-order valence-electron chi connectivity index (χ2n) is 7.03. The SMILES string of the molecule is N#Cc1cccnc1N1CCN([C@@H](C(=O)O)c2c[nH]c3cc(CO)ccc23)CC1. The summed E-state index contributed by atoms with van der Waals surface area (Å²) in [6.07, 6.45) is 3.40. The highest BCUT2D eigenvalue weighted by Gasteiger charge is 2.32. The molecular weight excluding hydrogens is 370 g/mol. The van der Waals surface area contributed by atoms with Crippen LogP contribution in [0.1, 0.15) is 22.7 Å². The van der Waals surface area contributed by atoms with E-state index in [1.807, 2.05) is 21.9 Å². The van der Waals surface area contributed by atoms with E-state index in [2.05, 4.69) is 16.0 Å². The van der Waals surface area contributed by atoms with Crippen molar-refractivity contribution in [3.63, 3.8) is 0 Å². The van der Waals surface area contributed by atoms with Gasteiger partial charge in [-0.1, -0.05) is 12.1 Å². The quantitative estimate of drug-likeness (QED) is 0.608. The van der Waals surface area contributed by atoms with Crippen molar-refractivity contribution in [3.8, 4) is 6.07 Å². The number of carbonyl (C=O) groups is 1. The third-order valence-electron chi connectivity index (χ3n) is 5.38. The molecule has 0 radical (unpaired) electrons. The Morgan fingerprint density at radius 1 is 1.28 bits per heavy atom. The van der Waals surface area contributed by atoms with Gasteiger partial charge in [0.2, 0.25) is 0 Å². The topological polar surface area (TPSA) is 116 Å². The highest BCUT2D eigenvalue weighted by atomic mass is 16.4. The van der Waals surface area contributed by atoms with E-state index < -0.39 is 12.0 Å². The number of aliphatic carboxylic acids is 1. The van der Waals surface area contributed by atoms with Gasteiger partial charge in [0.15, 0.2) is 0 Å². The number of anilines is 1. The van der Waals surface area contributed by atoms with Crippen LogP contribution < -0.4 is 4.90 Å². The molecular formula is C21H21N5O3. The number of aromatic nitrogens is 2. The van der Waals surface area contributed by atoms with Crippen molar-refractivity contribution < 1.29 is 15.0 Å². The number of piperazine rings is 1. The second-order valence-corrected chi connectivity index (χ2v) is 7.03. The molecule has 0 saturated carbocycles. The number of carboxylic acid groups (broad SMARTS) is 1. The van der Waals surface area contributed by atoms with Crippen molar-refractivity contribution in [2.45, 2.75) is 12.6 Å². The van der Waals surface area contributed by atoms with Gasteiger partial charge in [0, 0.05) is 55.0 Å². The molecule has 1 aromatic carbocycles. The first kappa shape index (κ1) is 18.9. The highest BCUT2D eigenvalue weighted by molar-refractivity contribution is 5.89. The number of aliphatic hydroxyl groups excluding tert-OH is 1. The van der Waals surface area contributed by atoms with Gasteiger partial charge in [0.1, 0.15) is 17.9 Å². The zero-order valence-corrected chi connectivity index (χ0v) is 15.7. The van der Waals surface area contributed by atoms with Gasteiger partial charge in [-0.2, -0.15) is 5.26 Å². The molecule has 3 aromatic rings. The minimum absolute atomic E-state index is 0.0627. The maximum atomic E-state index is 12.2. The first-order chi connectivity index (χ1) is 14.1. The Labute approximate surface area is 167 Å². The average Bonchev–Trinajstić information content (AvgIpc) is 3.17. The summed E-state index contributed by atoms with van der Waals surface area (Å²) in [6, 6.07) is 10.4. The molecule has 1 atom stereocenters. The molecule has 1 aliphatic heterocycles. The summed E-state index contributed by atoms with van der Waals surface area (Å²) in [4.78, 5) is 23.6. The Hall–Kier alpha value is -3.41. The lowest BCUT2D eigenvalue weighted by Crippen LogP contribution is -2.49. The molecule has 0 spiro atoms. The Balaban J connectivity index is 1.57. The minimum Gasteiger partial charge on any atom is -0.480 e. The van der Waals surface area contributed by atoms with Crippen LogP contribution in [0.2, 0.25) is 0 Å². The number of benzene rings is 1. The van der Waals surface area contributed by atoms with Gasteiger partial charge in [-0.15, -0.1) is 0 Å². The fourth-order valence-electron chi connectivity index (χ4n) is 3.93. The Kier molecular flexibility index (Phi) is 5.16. The van der Waals surface area contributed by atoms with E-state index in [4.69, 9.17) is 0 Å². The van der Waals surface area contributed by atoms with Gasteiger partial charge in [-0.25, -0.2) is 4.98 Å². The third-order valence-corrected chi connectivity index (χ3v) is 5.38. The number of hydrogen-bond acceptors (Lipinski definition) is 6. The molecule has 4 rings (SSSR count). The Morgan fingerprint density at radius 3 is 2.76 bits per heavy atom. The van der Waals surface area contributed by atoms with Gasteiger partial charge >= 0.3 is 5.97 Å². The number of nitrogens with one attached hydrogen (secondary N) is 1. The van der Waals surface area contributed by atoms with Gasteiger partial charge in [-0.05, 0) is 23.8 Å². The zero-order valence-electron chi connectivity index (χ0n) is 15.7. The van der Waals surface area contributed by atoms with Gasteiger partial charge in [0.25, 0.3) is 0 Å². The molecule has 0 aliphatic carbocycles. The molecule has 3 heterocycles. The maximum Gasteiger partial charge on any atom is 0.325 e. The lowest BCUT2D eigenvalue weighted by molar-refractivity contribution is -0.143. The number of nitriles is 1. The molecule has 0 amide bonds. The van der Waals surface area contributed by atoms with Crippen molar-refractivity contribution in [1.82, 2.24) is 14.9 Å². The van der Waals surface area contributed by atoms with Crippen LogP contribution in [0.3, 0.4) is 0 Å². The van der Waals surface area contributed by atoms with E-state index in [0.29, 0.717) is 43.1 Å². The molecule has 8 heteroatoms. The van der Waals surface area contributed by atoms with E-state index in [1.165, 1.54) is 0 Å². The predicted octanol–water partition coefficient (Wildman–Crippen LogP) is 1.87. The lowest BCUT2D eigenvalue weighted by Gasteiger charge is -2.38. The smallest absolute Gasteiger partial charge is 0.325 e. The van der Waals surface area contributed by atoms with E-state index in [1.54, 1.807) is 30.6 Å². The first-order valence-electron chi connectivity index (χ1n) is 9.40. The first-order valence-corrected chi connectivity index (χ1v) is 9.40. The van der Waals surface area contributed by atoms with E-state index >= 15 is 0 Å². The van der Waals surface area contributed by atoms with Crippen LogP contribution >= 0.6 is 0 Å². The average molecular weight is 391 g/mol. The summed E-state index contributed by atoms with van der Waals surface area (Å²) in [7, 11) is 0. The van der Waals surface area contributed by atoms with Crippen LogP contribution in [-0.2, 0) is 11.4 Å². The molecule has 2 aromatic heterocycles. The Bertz CT molecular complexity index is 1080. The summed E-state index contributed by atoms with van der Waals surface area (Å²) >= 11 is 0. The normalized spacial score (nSPS) is 15.9. The number of hydrogen-bond donors (Lipinski definition) is 3.